The van der Waals surface area contributed by atoms with Crippen LogP contribution in [0, 0.1) is 12.8 Å². The maximum Gasteiger partial charge on any atom is 0.326 e. The first kappa shape index (κ1) is 12.4. The van der Waals surface area contributed by atoms with Gasteiger partial charge in [-0.15, -0.1) is 0 Å². The molecule has 0 saturated heterocycles. The number of carboxylic acids is 1. The number of nitrogens with zero attached hydrogens (tertiary/aromatic N) is 2. The van der Waals surface area contributed by atoms with E-state index in [4.69, 9.17) is 5.11 Å². The number of hydrogen-bond acceptors (Lipinski definition) is 4. The smallest absolute Gasteiger partial charge is 0.326 e. The Morgan fingerprint density at radius 2 is 2.25 bits per heavy atom. The first-order chi connectivity index (χ1) is 7.49. The third-order valence-electron chi connectivity index (χ3n) is 2.10. The average molecular weight is 223 g/mol. The number of nitrogens with one attached hydrogen (secondary N) is 1. The second-order valence-corrected chi connectivity index (χ2v) is 4.19. The number of carboxylic acid groups (broad SMARTS) is 1. The molecule has 0 aliphatic heterocycles. The lowest BCUT2D eigenvalue weighted by molar-refractivity contribution is -0.138. The minimum atomic E-state index is -0.876. The number of hydrogen-bond donors (Lipinski definition) is 2. The summed E-state index contributed by atoms with van der Waals surface area (Å²) in [5, 5.41) is 11.9. The van der Waals surface area contributed by atoms with E-state index in [9.17, 15) is 4.79 Å². The third-order valence-corrected chi connectivity index (χ3v) is 2.10. The minimum absolute atomic E-state index is 0.304. The normalized spacial score (nSPS) is 12.5. The van der Waals surface area contributed by atoms with E-state index in [0.717, 1.165) is 5.69 Å². The van der Waals surface area contributed by atoms with Crippen LogP contribution in [0.3, 0.4) is 0 Å². The number of carbonyl (C=O) groups is 1. The summed E-state index contributed by atoms with van der Waals surface area (Å²) in [5.74, 6) is -0.203. The molecular weight excluding hydrogens is 206 g/mol. The van der Waals surface area contributed by atoms with Crippen molar-refractivity contribution in [2.45, 2.75) is 33.2 Å². The van der Waals surface area contributed by atoms with Crippen molar-refractivity contribution in [3.63, 3.8) is 0 Å². The lowest BCUT2D eigenvalue weighted by Gasteiger charge is -2.16. The van der Waals surface area contributed by atoms with Crippen LogP contribution in [0.2, 0.25) is 0 Å². The van der Waals surface area contributed by atoms with Crippen LogP contribution in [-0.4, -0.2) is 27.1 Å². The highest BCUT2D eigenvalue weighted by Gasteiger charge is 2.19. The zero-order valence-electron chi connectivity index (χ0n) is 9.77. The van der Waals surface area contributed by atoms with Crippen molar-refractivity contribution in [3.05, 3.63) is 18.0 Å². The molecule has 0 amide bonds. The molecule has 88 valence electrons. The highest BCUT2D eigenvalue weighted by atomic mass is 16.4. The predicted molar refractivity (Wildman–Crippen MR) is 61.3 cm³/mol. The zero-order valence-corrected chi connectivity index (χ0v) is 9.77. The molecule has 2 N–H and O–H groups in total. The lowest BCUT2D eigenvalue weighted by atomic mass is 10.0. The van der Waals surface area contributed by atoms with Crippen LogP contribution < -0.4 is 5.32 Å². The number of aryl methyl sites for hydroxylation is 1. The zero-order chi connectivity index (χ0) is 12.1. The molecule has 1 unspecified atom stereocenters. The van der Waals surface area contributed by atoms with E-state index in [2.05, 4.69) is 15.3 Å². The van der Waals surface area contributed by atoms with Crippen LogP contribution in [0.5, 0.6) is 0 Å². The molecule has 0 aliphatic rings. The molecule has 0 bridgehead atoms. The van der Waals surface area contributed by atoms with Gasteiger partial charge in [0.25, 0.3) is 0 Å². The fraction of sp³-hybridized carbons (Fsp3) is 0.545. The summed E-state index contributed by atoms with van der Waals surface area (Å²) in [7, 11) is 0. The van der Waals surface area contributed by atoms with Gasteiger partial charge in [0.15, 0.2) is 0 Å². The topological polar surface area (TPSA) is 75.1 Å². The predicted octanol–water partition coefficient (Wildman–Crippen LogP) is 1.70. The number of rotatable bonds is 5. The molecule has 1 heterocycles. The molecule has 0 aliphatic carbocycles. The molecule has 0 saturated carbocycles. The molecule has 0 radical (unpaired) electrons. The first-order valence-corrected chi connectivity index (χ1v) is 5.28. The van der Waals surface area contributed by atoms with Gasteiger partial charge in [-0.3, -0.25) is 0 Å². The Morgan fingerprint density at radius 1 is 1.56 bits per heavy atom. The Hall–Kier alpha value is -1.65. The minimum Gasteiger partial charge on any atom is -0.480 e. The van der Waals surface area contributed by atoms with Gasteiger partial charge in [0, 0.05) is 11.9 Å². The van der Waals surface area contributed by atoms with E-state index in [1.807, 2.05) is 20.8 Å². The Kier molecular flexibility index (Phi) is 4.22. The molecular formula is C11H17N3O2. The Bertz CT molecular complexity index is 366. The van der Waals surface area contributed by atoms with Gasteiger partial charge >= 0.3 is 5.97 Å². The highest BCUT2D eigenvalue weighted by molar-refractivity contribution is 5.76. The van der Waals surface area contributed by atoms with E-state index in [-0.39, 0.29) is 0 Å². The molecule has 5 heteroatoms. The SMILES string of the molecule is Cc1ccnc(NC(CC(C)C)C(=O)O)n1. The van der Waals surface area contributed by atoms with Crippen molar-refractivity contribution in [1.29, 1.82) is 0 Å². The second-order valence-electron chi connectivity index (χ2n) is 4.19. The third kappa shape index (κ3) is 3.84. The van der Waals surface area contributed by atoms with Crippen molar-refractivity contribution in [2.75, 3.05) is 5.32 Å². The quantitative estimate of drug-likeness (QED) is 0.794. The molecule has 0 fully saturated rings. The maximum absolute atomic E-state index is 11.0. The van der Waals surface area contributed by atoms with Gasteiger partial charge in [0.2, 0.25) is 5.95 Å². The van der Waals surface area contributed by atoms with Gasteiger partial charge in [-0.05, 0) is 25.3 Å². The first-order valence-electron chi connectivity index (χ1n) is 5.28. The van der Waals surface area contributed by atoms with Crippen molar-refractivity contribution < 1.29 is 9.90 Å². The average Bonchev–Trinajstić information content (AvgIpc) is 2.15. The van der Waals surface area contributed by atoms with Crippen molar-refractivity contribution in [2.24, 2.45) is 5.92 Å². The fourth-order valence-electron chi connectivity index (χ4n) is 1.37. The van der Waals surface area contributed by atoms with Crippen molar-refractivity contribution in [1.82, 2.24) is 9.97 Å². The lowest BCUT2D eigenvalue weighted by Crippen LogP contribution is -2.31. The molecule has 5 nitrogen and oxygen atoms in total. The Morgan fingerprint density at radius 3 is 2.75 bits per heavy atom. The number of aliphatic carboxylic acids is 1. The van der Waals surface area contributed by atoms with E-state index < -0.39 is 12.0 Å². The summed E-state index contributed by atoms with van der Waals surface area (Å²) < 4.78 is 0. The molecule has 0 aromatic carbocycles. The van der Waals surface area contributed by atoms with Crippen LogP contribution in [-0.2, 0) is 4.79 Å². The Balaban J connectivity index is 2.71. The Labute approximate surface area is 94.9 Å². The summed E-state index contributed by atoms with van der Waals surface area (Å²) in [6.45, 7) is 5.80. The maximum atomic E-state index is 11.0. The van der Waals surface area contributed by atoms with Gasteiger partial charge in [-0.1, -0.05) is 13.8 Å². The van der Waals surface area contributed by atoms with Crippen LogP contribution in [0.15, 0.2) is 12.3 Å². The number of aromatic nitrogens is 2. The molecule has 1 atom stereocenters. The summed E-state index contributed by atoms with van der Waals surface area (Å²) in [6, 6.07) is 1.13. The number of anilines is 1. The van der Waals surface area contributed by atoms with Gasteiger partial charge in [0.1, 0.15) is 6.04 Å². The van der Waals surface area contributed by atoms with E-state index in [0.29, 0.717) is 18.3 Å². The molecule has 1 aromatic heterocycles. The van der Waals surface area contributed by atoms with E-state index in [1.54, 1.807) is 12.3 Å². The fourth-order valence-corrected chi connectivity index (χ4v) is 1.37. The summed E-state index contributed by atoms with van der Waals surface area (Å²) >= 11 is 0. The largest absolute Gasteiger partial charge is 0.480 e. The van der Waals surface area contributed by atoms with Gasteiger partial charge in [-0.2, -0.15) is 0 Å². The summed E-state index contributed by atoms with van der Waals surface area (Å²) in [4.78, 5) is 19.1. The summed E-state index contributed by atoms with van der Waals surface area (Å²) in [5.41, 5.74) is 0.811. The van der Waals surface area contributed by atoms with E-state index >= 15 is 0 Å². The van der Waals surface area contributed by atoms with Crippen LogP contribution in [0.4, 0.5) is 5.95 Å². The molecule has 1 aromatic rings. The van der Waals surface area contributed by atoms with Crippen molar-refractivity contribution in [3.8, 4) is 0 Å². The van der Waals surface area contributed by atoms with Gasteiger partial charge in [0.05, 0.1) is 0 Å². The standard InChI is InChI=1S/C11H17N3O2/c1-7(2)6-9(10(15)16)14-11-12-5-4-8(3)13-11/h4-5,7,9H,6H2,1-3H3,(H,15,16)(H,12,13,14). The van der Waals surface area contributed by atoms with Crippen molar-refractivity contribution >= 4 is 11.9 Å². The van der Waals surface area contributed by atoms with Crippen LogP contribution >= 0.6 is 0 Å². The molecule has 0 spiro atoms. The second kappa shape index (κ2) is 5.44. The van der Waals surface area contributed by atoms with Crippen LogP contribution in [0.1, 0.15) is 26.0 Å². The molecule has 1 rings (SSSR count). The summed E-state index contributed by atoms with van der Waals surface area (Å²) in [6.07, 6.45) is 2.16. The van der Waals surface area contributed by atoms with Crippen LogP contribution in [0.25, 0.3) is 0 Å². The monoisotopic (exact) mass is 223 g/mol. The van der Waals surface area contributed by atoms with Gasteiger partial charge < -0.3 is 10.4 Å². The molecule has 16 heavy (non-hydrogen) atoms. The van der Waals surface area contributed by atoms with Gasteiger partial charge in [-0.25, -0.2) is 14.8 Å². The van der Waals surface area contributed by atoms with E-state index in [1.165, 1.54) is 0 Å². The highest BCUT2D eigenvalue weighted by Crippen LogP contribution is 2.10.